The van der Waals surface area contributed by atoms with E-state index in [4.69, 9.17) is 6.11 Å². The lowest BCUT2D eigenvalue weighted by Crippen LogP contribution is -2.28. The minimum atomic E-state index is -1.11. The van der Waals surface area contributed by atoms with Crippen LogP contribution >= 0.6 is 0 Å². The third-order valence-electron chi connectivity index (χ3n) is 1.74. The average Bonchev–Trinajstić information content (AvgIpc) is 2.30. The molecule has 0 heterocycles. The van der Waals surface area contributed by atoms with Crippen molar-refractivity contribution in [3.05, 3.63) is 35.9 Å². The van der Waals surface area contributed by atoms with Crippen LogP contribution in [0.2, 0.25) is 0 Å². The maximum atomic E-state index is 11.3. The lowest BCUT2D eigenvalue weighted by molar-refractivity contribution is -0.0756. The summed E-state index contributed by atoms with van der Waals surface area (Å²) in [4.78, 5) is 11.3. The molecule has 0 aliphatic rings. The van der Waals surface area contributed by atoms with Gasteiger partial charge in [-0.3, -0.25) is 5.21 Å². The molecule has 1 aromatic rings. The van der Waals surface area contributed by atoms with Crippen molar-refractivity contribution in [2.24, 2.45) is 0 Å². The van der Waals surface area contributed by atoms with Gasteiger partial charge in [0.05, 0.1) is 7.92 Å². The van der Waals surface area contributed by atoms with E-state index in [0.29, 0.717) is 17.0 Å². The molecule has 0 aromatic heterocycles. The second-order valence-electron chi connectivity index (χ2n) is 3.04. The molecule has 1 atom stereocenters. The van der Waals surface area contributed by atoms with Crippen molar-refractivity contribution in [2.45, 2.75) is 19.9 Å². The molecule has 0 spiro atoms. The molecule has 0 bridgehead atoms. The Morgan fingerprint density at radius 1 is 1.53 bits per heavy atom. The first-order chi connectivity index (χ1) is 7.65. The fourth-order valence-electron chi connectivity index (χ4n) is 1.01. The zero-order valence-corrected chi connectivity index (χ0v) is 8.59. The molecule has 15 heavy (non-hydrogen) atoms. The molecule has 0 saturated heterocycles. The lowest BCUT2D eigenvalue weighted by Gasteiger charge is -2.13. The predicted molar refractivity (Wildman–Crippen MR) is 55.4 cm³/mol. The van der Waals surface area contributed by atoms with Crippen molar-refractivity contribution in [3.63, 3.8) is 0 Å². The molecule has 0 saturated carbocycles. The fraction of sp³-hybridized carbons (Fsp3) is 0.364. The number of rotatable bonds is 4. The second-order valence-corrected chi connectivity index (χ2v) is 3.04. The molecule has 0 fully saturated rings. The highest BCUT2D eigenvalue weighted by atomic mass is 16.6. The Bertz CT molecular complexity index is 331. The Labute approximate surface area is 90.4 Å². The van der Waals surface area contributed by atoms with E-state index >= 15 is 0 Å². The quantitative estimate of drug-likeness (QED) is 0.613. The number of amides is 1. The predicted octanol–water partition coefficient (Wildman–Crippen LogP) is 2.42. The normalized spacial score (nSPS) is 12.8. The molecule has 0 aliphatic carbocycles. The van der Waals surface area contributed by atoms with E-state index in [1.54, 1.807) is 24.3 Å². The summed E-state index contributed by atoms with van der Waals surface area (Å²) in [5.41, 5.74) is 0.570. The van der Waals surface area contributed by atoms with Gasteiger partial charge in [-0.05, 0) is 12.0 Å². The highest BCUT2D eigenvalue weighted by Crippen LogP contribution is 2.02. The van der Waals surface area contributed by atoms with Crippen LogP contribution in [0.25, 0.3) is 0 Å². The van der Waals surface area contributed by atoms with Gasteiger partial charge in [-0.1, -0.05) is 37.3 Å². The number of nitrogens with zero attached hydrogens (tertiary/aromatic N) is 1. The van der Waals surface area contributed by atoms with Gasteiger partial charge in [-0.15, -0.1) is 0 Å². The summed E-state index contributed by atoms with van der Waals surface area (Å²) in [6, 6.07) is 8.70. The minimum Gasteiger partial charge on any atom is -0.443 e. The first-order valence-electron chi connectivity index (χ1n) is 5.37. The molecule has 1 N–H and O–H groups in total. The summed E-state index contributed by atoms with van der Waals surface area (Å²) in [5.74, 6) is 0. The standard InChI is InChI=1S/C11H15NO3/c1-2-8-12(14)11(13)15-9-10-6-4-3-5-7-10/h3-7,14H,2,8-9H2,1H3/i9D. The first kappa shape index (κ1) is 9.98. The van der Waals surface area contributed by atoms with Gasteiger partial charge < -0.3 is 4.74 Å². The van der Waals surface area contributed by atoms with Crippen LogP contribution in [0.4, 0.5) is 4.79 Å². The van der Waals surface area contributed by atoms with Gasteiger partial charge in [0, 0.05) is 0 Å². The van der Waals surface area contributed by atoms with Gasteiger partial charge in [0.15, 0.2) is 0 Å². The molecule has 1 rings (SSSR count). The summed E-state index contributed by atoms with van der Waals surface area (Å²) < 4.78 is 12.3. The van der Waals surface area contributed by atoms with Crippen LogP contribution in [0.1, 0.15) is 20.3 Å². The highest BCUT2D eigenvalue weighted by molar-refractivity contribution is 5.65. The van der Waals surface area contributed by atoms with Crippen molar-refractivity contribution in [1.82, 2.24) is 5.06 Å². The van der Waals surface area contributed by atoms with Crippen molar-refractivity contribution >= 4 is 6.09 Å². The fourth-order valence-corrected chi connectivity index (χ4v) is 1.01. The second kappa shape index (κ2) is 6.03. The average molecular weight is 210 g/mol. The molecule has 4 heteroatoms. The maximum Gasteiger partial charge on any atom is 0.434 e. The zero-order valence-electron chi connectivity index (χ0n) is 9.59. The van der Waals surface area contributed by atoms with Crippen LogP contribution in [-0.2, 0) is 11.3 Å². The van der Waals surface area contributed by atoms with Crippen LogP contribution in [0, 0.1) is 0 Å². The van der Waals surface area contributed by atoms with Crippen molar-refractivity contribution in [1.29, 1.82) is 0 Å². The van der Waals surface area contributed by atoms with E-state index in [2.05, 4.69) is 0 Å². The molecule has 1 aromatic carbocycles. The number of hydrogen-bond acceptors (Lipinski definition) is 3. The highest BCUT2D eigenvalue weighted by Gasteiger charge is 2.10. The van der Waals surface area contributed by atoms with Gasteiger partial charge in [0.2, 0.25) is 0 Å². The van der Waals surface area contributed by atoms with Crippen LogP contribution in [-0.4, -0.2) is 22.9 Å². The molecular formula is C11H15NO3. The summed E-state index contributed by atoms with van der Waals surface area (Å²) >= 11 is 0. The number of hydroxylamine groups is 2. The van der Waals surface area contributed by atoms with E-state index in [-0.39, 0.29) is 6.54 Å². The van der Waals surface area contributed by atoms with Crippen LogP contribution in [0.5, 0.6) is 0 Å². The summed E-state index contributed by atoms with van der Waals surface area (Å²) in [7, 11) is 0. The largest absolute Gasteiger partial charge is 0.443 e. The summed E-state index contributed by atoms with van der Waals surface area (Å²) in [5, 5.41) is 9.67. The number of ether oxygens (including phenoxy) is 1. The van der Waals surface area contributed by atoms with Gasteiger partial charge in [0.1, 0.15) is 6.58 Å². The number of carbonyl (C=O) groups excluding carboxylic acids is 1. The van der Waals surface area contributed by atoms with E-state index in [9.17, 15) is 10.0 Å². The van der Waals surface area contributed by atoms with Gasteiger partial charge in [-0.25, -0.2) is 4.79 Å². The Balaban J connectivity index is 2.51. The molecule has 1 unspecified atom stereocenters. The Hall–Kier alpha value is -1.55. The van der Waals surface area contributed by atoms with Gasteiger partial charge in [0.25, 0.3) is 0 Å². The SMILES string of the molecule is [2H]C(OC(=O)N(O)CCC)c1ccccc1. The maximum absolute atomic E-state index is 11.3. The Kier molecular flexibility index (Phi) is 4.01. The molecule has 82 valence electrons. The van der Waals surface area contributed by atoms with Crippen molar-refractivity contribution < 1.29 is 16.1 Å². The van der Waals surface area contributed by atoms with Gasteiger partial charge >= 0.3 is 6.09 Å². The summed E-state index contributed by atoms with van der Waals surface area (Å²) in [6.45, 7) is 0.909. The monoisotopic (exact) mass is 210 g/mol. The minimum absolute atomic E-state index is 0.195. The molecule has 0 radical (unpaired) electrons. The van der Waals surface area contributed by atoms with Gasteiger partial charge in [-0.2, -0.15) is 5.06 Å². The van der Waals surface area contributed by atoms with E-state index in [1.165, 1.54) is 0 Å². The molecule has 1 amide bonds. The van der Waals surface area contributed by atoms with Crippen LogP contribution < -0.4 is 0 Å². The Morgan fingerprint density at radius 2 is 2.20 bits per heavy atom. The number of hydrogen-bond donors (Lipinski definition) is 1. The molecule has 0 aliphatic heterocycles. The zero-order chi connectivity index (χ0) is 12.0. The smallest absolute Gasteiger partial charge is 0.434 e. The Morgan fingerprint density at radius 3 is 2.80 bits per heavy atom. The van der Waals surface area contributed by atoms with E-state index < -0.39 is 12.7 Å². The molecule has 4 nitrogen and oxygen atoms in total. The summed E-state index contributed by atoms with van der Waals surface area (Å²) in [6.07, 6.45) is -0.273. The van der Waals surface area contributed by atoms with Crippen molar-refractivity contribution in [3.8, 4) is 0 Å². The van der Waals surface area contributed by atoms with Crippen LogP contribution in [0.3, 0.4) is 0 Å². The molecular weight excluding hydrogens is 194 g/mol. The number of carbonyl (C=O) groups is 1. The third kappa shape index (κ3) is 3.99. The topological polar surface area (TPSA) is 49.8 Å². The van der Waals surface area contributed by atoms with E-state index in [1.807, 2.05) is 13.0 Å². The first-order valence-corrected chi connectivity index (χ1v) is 4.79. The lowest BCUT2D eigenvalue weighted by atomic mass is 10.2. The van der Waals surface area contributed by atoms with E-state index in [0.717, 1.165) is 0 Å². The van der Waals surface area contributed by atoms with Crippen molar-refractivity contribution in [2.75, 3.05) is 6.54 Å². The number of benzene rings is 1. The van der Waals surface area contributed by atoms with Crippen LogP contribution in [0.15, 0.2) is 30.3 Å². The third-order valence-corrected chi connectivity index (χ3v) is 1.74.